The van der Waals surface area contributed by atoms with E-state index in [1.165, 1.54) is 6.92 Å². The zero-order valence-electron chi connectivity index (χ0n) is 14.5. The molecule has 158 valence electrons. The number of carbonyl (C=O) groups is 1. The molecule has 0 rings (SSSR count). The minimum absolute atomic E-state index is 0.477. The first kappa shape index (κ1) is 25.8. The number of halogens is 7. The van der Waals surface area contributed by atoms with E-state index in [9.17, 15) is 39.6 Å². The van der Waals surface area contributed by atoms with E-state index in [2.05, 4.69) is 4.74 Å². The Hall–Kier alpha value is -1.23. The van der Waals surface area contributed by atoms with Gasteiger partial charge in [0, 0.05) is 18.4 Å². The van der Waals surface area contributed by atoms with Crippen molar-refractivity contribution in [1.29, 1.82) is 0 Å². The molecule has 4 nitrogen and oxygen atoms in total. The van der Waals surface area contributed by atoms with E-state index in [-0.39, 0.29) is 0 Å². The van der Waals surface area contributed by atoms with E-state index in [4.69, 9.17) is 11.6 Å². The molecule has 0 radical (unpaired) electrons. The van der Waals surface area contributed by atoms with Crippen LogP contribution < -0.4 is 0 Å². The van der Waals surface area contributed by atoms with Crippen LogP contribution in [0.1, 0.15) is 32.6 Å². The van der Waals surface area contributed by atoms with Crippen LogP contribution in [-0.2, 0) is 19.4 Å². The average Bonchev–Trinajstić information content (AvgIpc) is 2.51. The molecule has 12 heteroatoms. The summed E-state index contributed by atoms with van der Waals surface area (Å²) in [5, 5.41) is 0. The van der Waals surface area contributed by atoms with Crippen LogP contribution in [0.3, 0.4) is 0 Å². The summed E-state index contributed by atoms with van der Waals surface area (Å²) in [6.07, 6.45) is -10.0. The van der Waals surface area contributed by atoms with Gasteiger partial charge in [-0.1, -0.05) is 36.8 Å². The van der Waals surface area contributed by atoms with Gasteiger partial charge in [0.15, 0.2) is 9.84 Å². The molecule has 27 heavy (non-hydrogen) atoms. The minimum Gasteiger partial charge on any atom is -0.467 e. The largest absolute Gasteiger partial charge is 0.467 e. The van der Waals surface area contributed by atoms with Crippen molar-refractivity contribution >= 4 is 27.4 Å². The van der Waals surface area contributed by atoms with Gasteiger partial charge in [0.05, 0.1) is 12.9 Å². The zero-order valence-corrected chi connectivity index (χ0v) is 16.0. The third kappa shape index (κ3) is 8.12. The van der Waals surface area contributed by atoms with Gasteiger partial charge in [-0.05, 0) is 12.8 Å². The minimum atomic E-state index is -4.73. The van der Waals surface area contributed by atoms with Gasteiger partial charge in [-0.15, -0.1) is 0 Å². The van der Waals surface area contributed by atoms with Crippen molar-refractivity contribution in [1.82, 2.24) is 0 Å². The Morgan fingerprint density at radius 2 is 1.67 bits per heavy atom. The Balaban J connectivity index is 5.50. The van der Waals surface area contributed by atoms with Crippen molar-refractivity contribution in [2.24, 2.45) is 0 Å². The molecule has 0 saturated heterocycles. The molecule has 0 N–H and O–H groups in total. The quantitative estimate of drug-likeness (QED) is 0.224. The second-order valence-electron chi connectivity index (χ2n) is 5.41. The number of esters is 1. The molecular weight excluding hydrogens is 426 g/mol. The third-order valence-corrected chi connectivity index (χ3v) is 6.38. The number of hydrogen-bond acceptors (Lipinski definition) is 4. The topological polar surface area (TPSA) is 60.4 Å². The highest BCUT2D eigenvalue weighted by Gasteiger charge is 2.49. The highest BCUT2D eigenvalue weighted by Crippen LogP contribution is 2.34. The van der Waals surface area contributed by atoms with Gasteiger partial charge < -0.3 is 4.74 Å². The van der Waals surface area contributed by atoms with E-state index in [0.717, 1.165) is 19.3 Å². The summed E-state index contributed by atoms with van der Waals surface area (Å²) in [6, 6.07) is 0. The normalized spacial score (nSPS) is 16.4. The Morgan fingerprint density at radius 1 is 1.11 bits per heavy atom. The summed E-state index contributed by atoms with van der Waals surface area (Å²) in [6.45, 7) is 1.19. The molecule has 0 heterocycles. The summed E-state index contributed by atoms with van der Waals surface area (Å²) >= 11 is 5.83. The number of hydrogen-bond donors (Lipinski definition) is 0. The van der Waals surface area contributed by atoms with Gasteiger partial charge >= 0.3 is 18.3 Å². The fourth-order valence-electron chi connectivity index (χ4n) is 1.90. The van der Waals surface area contributed by atoms with E-state index in [1.54, 1.807) is 0 Å². The Bertz CT molecular complexity index is 667. The molecule has 1 unspecified atom stereocenters. The molecule has 0 aromatic heterocycles. The van der Waals surface area contributed by atoms with Crippen LogP contribution in [0.15, 0.2) is 23.8 Å². The molecule has 0 aliphatic carbocycles. The highest BCUT2D eigenvalue weighted by atomic mass is 35.5. The van der Waals surface area contributed by atoms with E-state index < -0.39 is 69.4 Å². The monoisotopic (exact) mass is 444 g/mol. The molecule has 0 aromatic rings. The van der Waals surface area contributed by atoms with Crippen LogP contribution in [0.5, 0.6) is 0 Å². The predicted molar refractivity (Wildman–Crippen MR) is 87.9 cm³/mol. The summed E-state index contributed by atoms with van der Waals surface area (Å²) in [5.41, 5.74) is -1.08. The molecular formula is C15H19ClF6O4S. The summed E-state index contributed by atoms with van der Waals surface area (Å²) in [7, 11) is -3.78. The van der Waals surface area contributed by atoms with E-state index in [0.29, 0.717) is 6.08 Å². The van der Waals surface area contributed by atoms with Crippen LogP contribution in [0, 0.1) is 0 Å². The average molecular weight is 445 g/mol. The van der Waals surface area contributed by atoms with Crippen molar-refractivity contribution in [2.75, 3.05) is 12.9 Å². The Morgan fingerprint density at radius 3 is 2.07 bits per heavy atom. The smallest absolute Gasteiger partial charge is 0.412 e. The Kier molecular flexibility index (Phi) is 9.36. The van der Waals surface area contributed by atoms with Crippen molar-refractivity contribution in [3.63, 3.8) is 0 Å². The van der Waals surface area contributed by atoms with Gasteiger partial charge in [-0.3, -0.25) is 0 Å². The second kappa shape index (κ2) is 9.81. The van der Waals surface area contributed by atoms with Crippen molar-refractivity contribution in [3.8, 4) is 0 Å². The van der Waals surface area contributed by atoms with Crippen LogP contribution in [0.4, 0.5) is 26.3 Å². The van der Waals surface area contributed by atoms with Crippen molar-refractivity contribution < 1.29 is 44.3 Å². The molecule has 0 amide bonds. The maximum atomic E-state index is 12.8. The van der Waals surface area contributed by atoms with Gasteiger partial charge in [0.25, 0.3) is 0 Å². The van der Waals surface area contributed by atoms with Crippen LogP contribution in [-0.4, -0.2) is 43.8 Å². The lowest BCUT2D eigenvalue weighted by Crippen LogP contribution is -2.43. The zero-order chi connectivity index (χ0) is 21.5. The Labute approximate surface area is 158 Å². The number of rotatable bonds is 9. The fraction of sp³-hybridized carbons (Fsp3) is 0.667. The number of allylic oxidation sites excluding steroid dienone is 3. The van der Waals surface area contributed by atoms with Gasteiger partial charge in [0.2, 0.25) is 4.21 Å². The third-order valence-electron chi connectivity index (χ3n) is 3.42. The van der Waals surface area contributed by atoms with Crippen LogP contribution in [0.25, 0.3) is 0 Å². The number of alkyl halides is 7. The molecule has 0 aliphatic rings. The maximum absolute atomic E-state index is 12.8. The van der Waals surface area contributed by atoms with E-state index >= 15 is 0 Å². The SMILES string of the molecule is CCC(=CCC(Cl)(C(=O)OC)S(=O)(=O)CC=CCCC(F)(F)F)C(F)(F)F. The number of sulfone groups is 1. The van der Waals surface area contributed by atoms with Crippen molar-refractivity contribution in [2.45, 2.75) is 49.2 Å². The van der Waals surface area contributed by atoms with Gasteiger partial charge in [0.1, 0.15) is 0 Å². The molecule has 0 saturated carbocycles. The lowest BCUT2D eigenvalue weighted by molar-refractivity contribution is -0.141. The molecule has 0 bridgehead atoms. The lowest BCUT2D eigenvalue weighted by atomic mass is 10.1. The number of methoxy groups -OCH3 is 1. The number of ether oxygens (including phenoxy) is 1. The highest BCUT2D eigenvalue weighted by molar-refractivity contribution is 7.95. The first-order valence-corrected chi connectivity index (χ1v) is 9.61. The van der Waals surface area contributed by atoms with Gasteiger partial charge in [-0.25, -0.2) is 13.2 Å². The fourth-order valence-corrected chi connectivity index (χ4v) is 3.57. The van der Waals surface area contributed by atoms with Gasteiger partial charge in [-0.2, -0.15) is 26.3 Å². The second-order valence-corrected chi connectivity index (χ2v) is 8.54. The molecule has 1 atom stereocenters. The van der Waals surface area contributed by atoms with Crippen LogP contribution >= 0.6 is 11.6 Å². The molecule has 0 spiro atoms. The van der Waals surface area contributed by atoms with E-state index in [1.807, 2.05) is 0 Å². The summed E-state index contributed by atoms with van der Waals surface area (Å²) in [4.78, 5) is 11.8. The molecule has 0 aliphatic heterocycles. The standard InChI is InChI=1S/C15H19ClF6O4S/c1-3-11(15(20,21)22)7-9-13(16,12(23)26-2)27(24,25)10-6-4-5-8-14(17,18)19/h4,6-7H,3,5,8-10H2,1-2H3. The first-order chi connectivity index (χ1) is 12.1. The van der Waals surface area contributed by atoms with Crippen LogP contribution in [0.2, 0.25) is 0 Å². The molecule has 0 aromatic carbocycles. The summed E-state index contributed by atoms with van der Waals surface area (Å²) in [5.74, 6) is -2.42. The lowest BCUT2D eigenvalue weighted by Gasteiger charge is -2.23. The predicted octanol–water partition coefficient (Wildman–Crippen LogP) is 4.70. The molecule has 0 fully saturated rings. The number of carbonyl (C=O) groups excluding carboxylic acids is 1. The maximum Gasteiger partial charge on any atom is 0.412 e. The van der Waals surface area contributed by atoms with Crippen molar-refractivity contribution in [3.05, 3.63) is 23.8 Å². The first-order valence-electron chi connectivity index (χ1n) is 7.58. The summed E-state index contributed by atoms with van der Waals surface area (Å²) < 4.78 is 101.